The van der Waals surface area contributed by atoms with Crippen LogP contribution in [0, 0.1) is 17.8 Å². The van der Waals surface area contributed by atoms with E-state index in [0.29, 0.717) is 0 Å². The standard InChI is InChI=1S/C11H15BrN2/c12-11-13-4-6-14(11)5-3-9-7-10(9)8-1-2-8/h4,6,8-10H,1-3,5,7H2/t9-,10+/m1/s1. The lowest BCUT2D eigenvalue weighted by molar-refractivity contribution is 0.533. The van der Waals surface area contributed by atoms with Gasteiger partial charge in [-0.25, -0.2) is 4.98 Å². The third-order valence-corrected chi connectivity index (χ3v) is 4.27. The summed E-state index contributed by atoms with van der Waals surface area (Å²) < 4.78 is 3.17. The Morgan fingerprint density at radius 2 is 2.36 bits per heavy atom. The smallest absolute Gasteiger partial charge is 0.177 e. The van der Waals surface area contributed by atoms with Crippen molar-refractivity contribution in [2.24, 2.45) is 17.8 Å². The van der Waals surface area contributed by atoms with E-state index in [-0.39, 0.29) is 0 Å². The van der Waals surface area contributed by atoms with E-state index in [4.69, 9.17) is 0 Å². The Kier molecular flexibility index (Phi) is 2.15. The lowest BCUT2D eigenvalue weighted by Gasteiger charge is -2.02. The predicted octanol–water partition coefficient (Wildman–Crippen LogP) is 3.08. The van der Waals surface area contributed by atoms with Gasteiger partial charge in [0, 0.05) is 18.9 Å². The van der Waals surface area contributed by atoms with E-state index < -0.39 is 0 Å². The minimum atomic E-state index is 0.973. The zero-order valence-corrected chi connectivity index (χ0v) is 9.78. The molecule has 0 bridgehead atoms. The van der Waals surface area contributed by atoms with Crippen molar-refractivity contribution in [3.8, 4) is 0 Å². The number of imidazole rings is 1. The maximum atomic E-state index is 4.16. The molecule has 2 nitrogen and oxygen atoms in total. The van der Waals surface area contributed by atoms with Crippen LogP contribution in [0.5, 0.6) is 0 Å². The van der Waals surface area contributed by atoms with E-state index >= 15 is 0 Å². The average Bonchev–Trinajstić information content (AvgIpc) is 3.04. The van der Waals surface area contributed by atoms with Gasteiger partial charge in [-0.3, -0.25) is 0 Å². The van der Waals surface area contributed by atoms with Crippen molar-refractivity contribution >= 4 is 15.9 Å². The maximum absolute atomic E-state index is 4.16. The first-order valence-electron chi connectivity index (χ1n) is 5.51. The topological polar surface area (TPSA) is 17.8 Å². The molecule has 3 rings (SSSR count). The molecule has 14 heavy (non-hydrogen) atoms. The Morgan fingerprint density at radius 1 is 1.50 bits per heavy atom. The second-order valence-corrected chi connectivity index (χ2v) is 5.38. The van der Waals surface area contributed by atoms with Crippen molar-refractivity contribution in [2.75, 3.05) is 0 Å². The van der Waals surface area contributed by atoms with E-state index in [1.165, 1.54) is 25.7 Å². The molecule has 1 aromatic rings. The SMILES string of the molecule is Brc1nccn1CC[C@@H]1C[C@H]1C1CC1. The number of hydrogen-bond donors (Lipinski definition) is 0. The fourth-order valence-corrected chi connectivity index (χ4v) is 2.90. The quantitative estimate of drug-likeness (QED) is 0.808. The maximum Gasteiger partial charge on any atom is 0.177 e. The predicted molar refractivity (Wildman–Crippen MR) is 58.9 cm³/mol. The van der Waals surface area contributed by atoms with E-state index in [9.17, 15) is 0 Å². The van der Waals surface area contributed by atoms with Gasteiger partial charge in [-0.15, -0.1) is 0 Å². The van der Waals surface area contributed by atoms with Crippen molar-refractivity contribution in [3.63, 3.8) is 0 Å². The summed E-state index contributed by atoms with van der Waals surface area (Å²) in [6, 6.07) is 0. The summed E-state index contributed by atoms with van der Waals surface area (Å²) >= 11 is 3.45. The molecule has 0 aromatic carbocycles. The summed E-state index contributed by atoms with van der Waals surface area (Å²) in [5.41, 5.74) is 0. The zero-order valence-electron chi connectivity index (χ0n) is 8.19. The molecule has 2 saturated carbocycles. The summed E-state index contributed by atoms with van der Waals surface area (Å²) in [7, 11) is 0. The monoisotopic (exact) mass is 254 g/mol. The highest BCUT2D eigenvalue weighted by Crippen LogP contribution is 2.55. The van der Waals surface area contributed by atoms with Crippen LogP contribution in [-0.2, 0) is 6.54 Å². The molecule has 0 saturated heterocycles. The number of nitrogens with zero attached hydrogens (tertiary/aromatic N) is 2. The van der Waals surface area contributed by atoms with Crippen LogP contribution >= 0.6 is 15.9 Å². The highest BCUT2D eigenvalue weighted by molar-refractivity contribution is 9.10. The first-order chi connectivity index (χ1) is 6.84. The molecule has 0 amide bonds. The molecule has 0 unspecified atom stereocenters. The van der Waals surface area contributed by atoms with Crippen molar-refractivity contribution in [3.05, 3.63) is 17.1 Å². The largest absolute Gasteiger partial charge is 0.326 e. The fourth-order valence-electron chi connectivity index (χ4n) is 2.49. The molecule has 3 heteroatoms. The molecule has 0 spiro atoms. The summed E-state index contributed by atoms with van der Waals surface area (Å²) in [5, 5.41) is 0. The summed E-state index contributed by atoms with van der Waals surface area (Å²) in [6.07, 6.45) is 9.77. The Morgan fingerprint density at radius 3 is 3.00 bits per heavy atom. The fraction of sp³-hybridized carbons (Fsp3) is 0.727. The number of rotatable bonds is 4. The lowest BCUT2D eigenvalue weighted by atomic mass is 10.2. The number of aryl methyl sites for hydroxylation is 1. The van der Waals surface area contributed by atoms with Crippen LogP contribution in [0.1, 0.15) is 25.7 Å². The Bertz CT molecular complexity index is 330. The molecular weight excluding hydrogens is 240 g/mol. The van der Waals surface area contributed by atoms with E-state index in [1.54, 1.807) is 0 Å². The van der Waals surface area contributed by atoms with E-state index in [2.05, 4.69) is 31.7 Å². The van der Waals surface area contributed by atoms with Gasteiger partial charge in [0.2, 0.25) is 0 Å². The molecule has 0 radical (unpaired) electrons. The van der Waals surface area contributed by atoms with Crippen LogP contribution in [0.2, 0.25) is 0 Å². The molecule has 1 aromatic heterocycles. The molecule has 2 aliphatic rings. The summed E-state index contributed by atoms with van der Waals surface area (Å²) in [6.45, 7) is 1.13. The van der Waals surface area contributed by atoms with Crippen molar-refractivity contribution in [2.45, 2.75) is 32.2 Å². The van der Waals surface area contributed by atoms with Gasteiger partial charge in [-0.2, -0.15) is 0 Å². The zero-order chi connectivity index (χ0) is 9.54. The first kappa shape index (κ1) is 8.96. The number of hydrogen-bond acceptors (Lipinski definition) is 1. The van der Waals surface area contributed by atoms with Crippen molar-refractivity contribution in [1.82, 2.24) is 9.55 Å². The second kappa shape index (κ2) is 3.37. The highest BCUT2D eigenvalue weighted by atomic mass is 79.9. The molecule has 0 aliphatic heterocycles. The van der Waals surface area contributed by atoms with Gasteiger partial charge in [0.1, 0.15) is 0 Å². The van der Waals surface area contributed by atoms with Gasteiger partial charge < -0.3 is 4.57 Å². The van der Waals surface area contributed by atoms with Gasteiger partial charge in [0.15, 0.2) is 4.73 Å². The third kappa shape index (κ3) is 1.74. The van der Waals surface area contributed by atoms with Gasteiger partial charge in [0.25, 0.3) is 0 Å². The molecule has 2 fully saturated rings. The molecule has 2 atom stereocenters. The summed E-state index contributed by atoms with van der Waals surface area (Å²) in [5.74, 6) is 3.24. The van der Waals surface area contributed by atoms with Crippen LogP contribution in [0.15, 0.2) is 17.1 Å². The Balaban J connectivity index is 1.49. The van der Waals surface area contributed by atoms with E-state index in [0.717, 1.165) is 29.0 Å². The van der Waals surface area contributed by atoms with Crippen LogP contribution in [0.25, 0.3) is 0 Å². The summed E-state index contributed by atoms with van der Waals surface area (Å²) in [4.78, 5) is 4.16. The van der Waals surface area contributed by atoms with Crippen LogP contribution in [0.3, 0.4) is 0 Å². The van der Waals surface area contributed by atoms with E-state index in [1.807, 2.05) is 6.20 Å². The Labute approximate surface area is 92.8 Å². The average molecular weight is 255 g/mol. The third-order valence-electron chi connectivity index (χ3n) is 3.61. The molecular formula is C11H15BrN2. The van der Waals surface area contributed by atoms with Gasteiger partial charge in [-0.05, 0) is 59.4 Å². The van der Waals surface area contributed by atoms with Crippen molar-refractivity contribution < 1.29 is 0 Å². The normalized spacial score (nSPS) is 30.6. The van der Waals surface area contributed by atoms with Crippen molar-refractivity contribution in [1.29, 1.82) is 0 Å². The molecule has 0 N–H and O–H groups in total. The van der Waals surface area contributed by atoms with Gasteiger partial charge in [0.05, 0.1) is 0 Å². The molecule has 2 aliphatic carbocycles. The number of aromatic nitrogens is 2. The van der Waals surface area contributed by atoms with Gasteiger partial charge >= 0.3 is 0 Å². The first-order valence-corrected chi connectivity index (χ1v) is 6.30. The van der Waals surface area contributed by atoms with Crippen LogP contribution < -0.4 is 0 Å². The van der Waals surface area contributed by atoms with Crippen LogP contribution in [-0.4, -0.2) is 9.55 Å². The minimum absolute atomic E-state index is 0.973. The molecule has 1 heterocycles. The number of halogens is 1. The second-order valence-electron chi connectivity index (χ2n) is 4.68. The van der Waals surface area contributed by atoms with Crippen LogP contribution in [0.4, 0.5) is 0 Å². The Hall–Kier alpha value is -0.310. The highest BCUT2D eigenvalue weighted by Gasteiger charge is 2.46. The van der Waals surface area contributed by atoms with Gasteiger partial charge in [-0.1, -0.05) is 0 Å². The minimum Gasteiger partial charge on any atom is -0.326 e. The molecule has 76 valence electrons. The lowest BCUT2D eigenvalue weighted by Crippen LogP contribution is -1.98.